The maximum Gasteiger partial charge on any atom is 0.224 e. The molecular weight excluding hydrogens is 144 g/mol. The van der Waals surface area contributed by atoms with Gasteiger partial charge in [-0.3, -0.25) is 10.0 Å². The second-order valence-electron chi connectivity index (χ2n) is 2.15. The molecule has 1 rings (SSSR count). The molecule has 4 nitrogen and oxygen atoms in total. The van der Waals surface area contributed by atoms with Gasteiger partial charge >= 0.3 is 0 Å². The predicted octanol–water partition coefficient (Wildman–Crippen LogP) is 0.170. The second-order valence-corrected chi connectivity index (χ2v) is 2.15. The van der Waals surface area contributed by atoms with E-state index in [2.05, 4.69) is 5.32 Å². The Balaban J connectivity index is 2.74. The second kappa shape index (κ2) is 3.01. The Morgan fingerprint density at radius 3 is 2.55 bits per heavy atom. The van der Waals surface area contributed by atoms with Crippen LogP contribution in [-0.4, -0.2) is 11.1 Å². The van der Waals surface area contributed by atoms with Crippen molar-refractivity contribution in [2.24, 2.45) is 0 Å². The molecule has 0 bridgehead atoms. The number of rotatable bonds is 1. The van der Waals surface area contributed by atoms with E-state index in [9.17, 15) is 4.79 Å². The molecule has 11 heavy (non-hydrogen) atoms. The average Bonchev–Trinajstić information content (AvgIpc) is 1.93. The molecule has 58 valence electrons. The zero-order valence-corrected chi connectivity index (χ0v) is 6.11. The fourth-order valence-electron chi connectivity index (χ4n) is 0.705. The van der Waals surface area contributed by atoms with Gasteiger partial charge in [0.25, 0.3) is 0 Å². The van der Waals surface area contributed by atoms with Crippen LogP contribution in [-0.2, 0) is 4.79 Å². The van der Waals surface area contributed by atoms with Crippen LogP contribution in [0.1, 0.15) is 6.92 Å². The van der Waals surface area contributed by atoms with E-state index >= 15 is 0 Å². The minimum absolute atomic E-state index is 0.124. The van der Waals surface area contributed by atoms with Gasteiger partial charge in [0.2, 0.25) is 18.3 Å². The normalized spacial score (nSPS) is 9.18. The third-order valence-electron chi connectivity index (χ3n) is 1.13. The average molecular weight is 153 g/mol. The molecule has 1 heterocycles. The van der Waals surface area contributed by atoms with E-state index in [4.69, 9.17) is 5.21 Å². The van der Waals surface area contributed by atoms with Crippen molar-refractivity contribution >= 4 is 11.6 Å². The quantitative estimate of drug-likeness (QED) is 0.446. The number of pyridine rings is 1. The van der Waals surface area contributed by atoms with Crippen LogP contribution in [0.3, 0.4) is 0 Å². The van der Waals surface area contributed by atoms with Gasteiger partial charge in [0.1, 0.15) is 0 Å². The fourth-order valence-corrected chi connectivity index (χ4v) is 0.705. The lowest BCUT2D eigenvalue weighted by atomic mass is 10.4. The fraction of sp³-hybridized carbons (Fsp3) is 0.143. The molecule has 0 aliphatic heterocycles. The first-order valence-corrected chi connectivity index (χ1v) is 3.16. The van der Waals surface area contributed by atoms with E-state index in [-0.39, 0.29) is 5.91 Å². The smallest absolute Gasteiger partial charge is 0.224 e. The maximum absolute atomic E-state index is 10.5. The molecule has 0 radical (unpaired) electrons. The van der Waals surface area contributed by atoms with Gasteiger partial charge in [-0.15, -0.1) is 0 Å². The lowest BCUT2D eigenvalue weighted by Gasteiger charge is -1.96. The monoisotopic (exact) mass is 153 g/mol. The van der Waals surface area contributed by atoms with Crippen LogP contribution in [0.25, 0.3) is 0 Å². The van der Waals surface area contributed by atoms with Crippen molar-refractivity contribution < 1.29 is 14.7 Å². The Morgan fingerprint density at radius 1 is 1.55 bits per heavy atom. The minimum Gasteiger partial charge on any atom is -0.326 e. The van der Waals surface area contributed by atoms with Gasteiger partial charge in [0, 0.05) is 23.8 Å². The third kappa shape index (κ3) is 2.25. The molecule has 0 aromatic carbocycles. The summed E-state index contributed by atoms with van der Waals surface area (Å²) in [6.45, 7) is 1.43. The van der Waals surface area contributed by atoms with Crippen molar-refractivity contribution in [2.75, 3.05) is 5.32 Å². The molecule has 0 spiro atoms. The van der Waals surface area contributed by atoms with Crippen molar-refractivity contribution in [1.29, 1.82) is 0 Å². The van der Waals surface area contributed by atoms with Gasteiger partial charge in [-0.1, -0.05) is 0 Å². The molecule has 0 aliphatic rings. The van der Waals surface area contributed by atoms with Crippen LogP contribution >= 0.6 is 0 Å². The predicted molar refractivity (Wildman–Crippen MR) is 38.1 cm³/mol. The molecule has 1 aromatic rings. The van der Waals surface area contributed by atoms with Gasteiger partial charge in [0.15, 0.2) is 0 Å². The first-order chi connectivity index (χ1) is 5.18. The van der Waals surface area contributed by atoms with Crippen LogP contribution in [0.5, 0.6) is 0 Å². The third-order valence-corrected chi connectivity index (χ3v) is 1.13. The lowest BCUT2D eigenvalue weighted by molar-refractivity contribution is -0.904. The summed E-state index contributed by atoms with van der Waals surface area (Å²) in [6, 6.07) is 3.20. The number of carbonyl (C=O) groups excluding carboxylic acids is 1. The highest BCUT2D eigenvalue weighted by Crippen LogP contribution is 2.00. The van der Waals surface area contributed by atoms with Crippen LogP contribution in [0, 0.1) is 0 Å². The Kier molecular flexibility index (Phi) is 2.06. The van der Waals surface area contributed by atoms with E-state index < -0.39 is 0 Å². The summed E-state index contributed by atoms with van der Waals surface area (Å²) in [5.41, 5.74) is 0.669. The summed E-state index contributed by atoms with van der Waals surface area (Å²) in [5.74, 6) is -0.124. The lowest BCUT2D eigenvalue weighted by Crippen LogP contribution is -2.28. The highest BCUT2D eigenvalue weighted by atomic mass is 16.5. The van der Waals surface area contributed by atoms with Crippen LogP contribution < -0.4 is 10.0 Å². The largest absolute Gasteiger partial charge is 0.326 e. The van der Waals surface area contributed by atoms with Crippen molar-refractivity contribution in [2.45, 2.75) is 6.92 Å². The molecule has 4 heteroatoms. The summed E-state index contributed by atoms with van der Waals surface area (Å²) >= 11 is 0. The highest BCUT2D eigenvalue weighted by Gasteiger charge is 1.97. The van der Waals surface area contributed by atoms with E-state index in [1.807, 2.05) is 0 Å². The number of aromatic nitrogens is 1. The summed E-state index contributed by atoms with van der Waals surface area (Å²) in [6.07, 6.45) is 2.87. The molecule has 0 unspecified atom stereocenters. The highest BCUT2D eigenvalue weighted by molar-refractivity contribution is 5.88. The molecule has 0 saturated heterocycles. The zero-order valence-electron chi connectivity index (χ0n) is 6.11. The Bertz CT molecular complexity index is 256. The van der Waals surface area contributed by atoms with E-state index in [1.54, 1.807) is 12.1 Å². The van der Waals surface area contributed by atoms with E-state index in [0.29, 0.717) is 5.69 Å². The van der Waals surface area contributed by atoms with E-state index in [0.717, 1.165) is 4.73 Å². The van der Waals surface area contributed by atoms with Gasteiger partial charge in [-0.05, 0) is 0 Å². The Morgan fingerprint density at radius 2 is 2.09 bits per heavy atom. The number of nitrogens with one attached hydrogen (secondary N) is 1. The first kappa shape index (κ1) is 7.53. The van der Waals surface area contributed by atoms with E-state index in [1.165, 1.54) is 19.3 Å². The Hall–Kier alpha value is -1.58. The summed E-state index contributed by atoms with van der Waals surface area (Å²) in [4.78, 5) is 10.5. The van der Waals surface area contributed by atoms with Crippen LogP contribution in [0.2, 0.25) is 0 Å². The molecule has 0 aliphatic carbocycles. The van der Waals surface area contributed by atoms with Crippen molar-refractivity contribution in [3.8, 4) is 0 Å². The number of nitrogens with zero attached hydrogens (tertiary/aromatic N) is 1. The maximum atomic E-state index is 10.5. The minimum atomic E-state index is -0.124. The Labute approximate surface area is 64.1 Å². The first-order valence-electron chi connectivity index (χ1n) is 3.16. The molecule has 0 saturated carbocycles. The molecule has 0 fully saturated rings. The topological polar surface area (TPSA) is 53.2 Å². The summed E-state index contributed by atoms with van der Waals surface area (Å²) < 4.78 is 0.908. The number of carbonyl (C=O) groups is 1. The van der Waals surface area contributed by atoms with Gasteiger partial charge < -0.3 is 5.32 Å². The standard InChI is InChI=1S/C7H8N2O2/c1-6(10)8-7-2-4-9(11)5-3-7/h2-5,11H,1H3/p+1. The van der Waals surface area contributed by atoms with Gasteiger partial charge in [-0.25, -0.2) is 0 Å². The molecule has 2 N–H and O–H groups in total. The molecule has 1 aromatic heterocycles. The number of amides is 1. The van der Waals surface area contributed by atoms with Gasteiger partial charge in [-0.2, -0.15) is 0 Å². The molecule has 0 atom stereocenters. The zero-order chi connectivity index (χ0) is 8.27. The summed E-state index contributed by atoms with van der Waals surface area (Å²) in [5, 5.41) is 11.4. The number of hydrogen-bond acceptors (Lipinski definition) is 2. The summed E-state index contributed by atoms with van der Waals surface area (Å²) in [7, 11) is 0. The van der Waals surface area contributed by atoms with Gasteiger partial charge in [0.05, 0.1) is 5.69 Å². The SMILES string of the molecule is CC(=O)Nc1cc[n+](O)cc1. The van der Waals surface area contributed by atoms with Crippen molar-refractivity contribution in [3.05, 3.63) is 24.5 Å². The van der Waals surface area contributed by atoms with Crippen LogP contribution in [0.15, 0.2) is 24.5 Å². The molecule has 1 amide bonds. The number of anilines is 1. The van der Waals surface area contributed by atoms with Crippen LogP contribution in [0.4, 0.5) is 5.69 Å². The number of hydrogen-bond donors (Lipinski definition) is 2. The van der Waals surface area contributed by atoms with Crippen molar-refractivity contribution in [3.63, 3.8) is 0 Å². The van der Waals surface area contributed by atoms with Crippen molar-refractivity contribution in [1.82, 2.24) is 0 Å². The molecular formula is C7H9N2O2+.